The summed E-state index contributed by atoms with van der Waals surface area (Å²) in [7, 11) is 0. The minimum absolute atomic E-state index is 0.236. The molecular formula is C17H21BrN2O5. The van der Waals surface area contributed by atoms with E-state index in [-0.39, 0.29) is 17.9 Å². The number of nitrogens with one attached hydrogen (secondary N) is 1. The summed E-state index contributed by atoms with van der Waals surface area (Å²) in [6.07, 6.45) is 1.52. The molecule has 1 fully saturated rings. The Hall–Kier alpha value is -1.96. The third-order valence-electron chi connectivity index (χ3n) is 4.20. The zero-order chi connectivity index (χ0) is 17.8. The number of esters is 1. The van der Waals surface area contributed by atoms with Gasteiger partial charge in [-0.3, -0.25) is 4.79 Å². The smallest absolute Gasteiger partial charge is 0.321 e. The average Bonchev–Trinajstić information content (AvgIpc) is 2.62. The second-order valence-corrected chi connectivity index (χ2v) is 6.80. The number of ether oxygens (including phenoxy) is 3. The number of halogens is 1. The SMILES string of the molecule is CCOC(=O)[C@@H]1CCCN(C(=O)Nc2cc3c(cc2Br)OCCO3)C1. The van der Waals surface area contributed by atoms with Crippen LogP contribution in [0.5, 0.6) is 11.5 Å². The maximum absolute atomic E-state index is 12.6. The van der Waals surface area contributed by atoms with Crippen LogP contribution in [0.2, 0.25) is 0 Å². The molecule has 0 spiro atoms. The van der Waals surface area contributed by atoms with Crippen molar-refractivity contribution >= 4 is 33.6 Å². The number of piperidine rings is 1. The molecule has 1 aromatic rings. The van der Waals surface area contributed by atoms with E-state index in [4.69, 9.17) is 14.2 Å². The summed E-state index contributed by atoms with van der Waals surface area (Å²) < 4.78 is 16.8. The van der Waals surface area contributed by atoms with Gasteiger partial charge in [0.1, 0.15) is 13.2 Å². The Morgan fingerprint density at radius 3 is 2.76 bits per heavy atom. The van der Waals surface area contributed by atoms with Crippen LogP contribution in [0.3, 0.4) is 0 Å². The lowest BCUT2D eigenvalue weighted by atomic mass is 9.98. The van der Waals surface area contributed by atoms with Crippen LogP contribution in [0.1, 0.15) is 19.8 Å². The van der Waals surface area contributed by atoms with E-state index in [1.165, 1.54) is 0 Å². The summed E-state index contributed by atoms with van der Waals surface area (Å²) in [5, 5.41) is 2.87. The molecule has 0 aromatic heterocycles. The van der Waals surface area contributed by atoms with Gasteiger partial charge in [-0.15, -0.1) is 0 Å². The topological polar surface area (TPSA) is 77.1 Å². The molecule has 8 heteroatoms. The highest BCUT2D eigenvalue weighted by molar-refractivity contribution is 9.10. The Kier molecular flexibility index (Phi) is 5.67. The molecule has 0 aliphatic carbocycles. The van der Waals surface area contributed by atoms with Crippen LogP contribution < -0.4 is 14.8 Å². The molecule has 25 heavy (non-hydrogen) atoms. The van der Waals surface area contributed by atoms with Crippen molar-refractivity contribution in [2.45, 2.75) is 19.8 Å². The first kappa shape index (κ1) is 17.8. The lowest BCUT2D eigenvalue weighted by Gasteiger charge is -2.31. The standard InChI is InChI=1S/C17H21BrN2O5/c1-2-23-16(21)11-4-3-5-20(10-11)17(22)19-13-9-15-14(8-12(13)18)24-6-7-25-15/h8-9,11H,2-7,10H2,1H3,(H,19,22)/t11-/m1/s1. The maximum Gasteiger partial charge on any atom is 0.321 e. The highest BCUT2D eigenvalue weighted by atomic mass is 79.9. The van der Waals surface area contributed by atoms with Crippen molar-refractivity contribution in [1.82, 2.24) is 4.90 Å². The predicted octanol–water partition coefficient (Wildman–Crippen LogP) is 3.03. The van der Waals surface area contributed by atoms with Gasteiger partial charge in [-0.1, -0.05) is 0 Å². The molecule has 1 atom stereocenters. The van der Waals surface area contributed by atoms with Gasteiger partial charge in [-0.25, -0.2) is 4.79 Å². The van der Waals surface area contributed by atoms with Crippen LogP contribution in [-0.2, 0) is 9.53 Å². The quantitative estimate of drug-likeness (QED) is 0.771. The zero-order valence-corrected chi connectivity index (χ0v) is 15.6. The number of carbonyl (C=O) groups is 2. The van der Waals surface area contributed by atoms with Crippen molar-refractivity contribution in [3.8, 4) is 11.5 Å². The molecule has 3 rings (SSSR count). The molecule has 136 valence electrons. The molecular weight excluding hydrogens is 392 g/mol. The Morgan fingerprint density at radius 1 is 1.32 bits per heavy atom. The number of nitrogens with zero attached hydrogens (tertiary/aromatic N) is 1. The summed E-state index contributed by atoms with van der Waals surface area (Å²) in [6, 6.07) is 3.27. The molecule has 1 saturated heterocycles. The minimum Gasteiger partial charge on any atom is -0.486 e. The van der Waals surface area contributed by atoms with Gasteiger partial charge in [0.25, 0.3) is 0 Å². The molecule has 0 bridgehead atoms. The van der Waals surface area contributed by atoms with Crippen LogP contribution in [-0.4, -0.2) is 49.8 Å². The number of hydrogen-bond acceptors (Lipinski definition) is 5. The fraction of sp³-hybridized carbons (Fsp3) is 0.529. The second kappa shape index (κ2) is 7.95. The first-order valence-electron chi connectivity index (χ1n) is 8.40. The largest absolute Gasteiger partial charge is 0.486 e. The van der Waals surface area contributed by atoms with Gasteiger partial charge in [0.2, 0.25) is 0 Å². The molecule has 0 unspecified atom stereocenters. The predicted molar refractivity (Wildman–Crippen MR) is 95.1 cm³/mol. The summed E-state index contributed by atoms with van der Waals surface area (Å²) >= 11 is 3.44. The highest BCUT2D eigenvalue weighted by Crippen LogP contribution is 2.38. The van der Waals surface area contributed by atoms with Crippen molar-refractivity contribution in [2.24, 2.45) is 5.92 Å². The van der Waals surface area contributed by atoms with Gasteiger partial charge in [0.05, 0.1) is 18.2 Å². The van der Waals surface area contributed by atoms with E-state index < -0.39 is 0 Å². The van der Waals surface area contributed by atoms with E-state index in [9.17, 15) is 9.59 Å². The number of rotatable bonds is 3. The molecule has 0 radical (unpaired) electrons. The number of amides is 2. The lowest BCUT2D eigenvalue weighted by Crippen LogP contribution is -2.44. The van der Waals surface area contributed by atoms with Crippen LogP contribution in [0.15, 0.2) is 16.6 Å². The maximum atomic E-state index is 12.6. The summed E-state index contributed by atoms with van der Waals surface area (Å²) in [5.74, 6) is 0.757. The average molecular weight is 413 g/mol. The number of likely N-dealkylation sites (tertiary alicyclic amines) is 1. The minimum atomic E-state index is -0.261. The number of urea groups is 1. The molecule has 7 nitrogen and oxygen atoms in total. The van der Waals surface area contributed by atoms with Gasteiger partial charge in [0, 0.05) is 29.7 Å². The number of carbonyl (C=O) groups excluding carboxylic acids is 2. The Morgan fingerprint density at radius 2 is 2.04 bits per heavy atom. The molecule has 0 saturated carbocycles. The van der Waals surface area contributed by atoms with Gasteiger partial charge in [0.15, 0.2) is 11.5 Å². The van der Waals surface area contributed by atoms with E-state index in [1.807, 2.05) is 0 Å². The molecule has 2 aliphatic heterocycles. The van der Waals surface area contributed by atoms with E-state index in [1.54, 1.807) is 24.0 Å². The van der Waals surface area contributed by atoms with Crippen molar-refractivity contribution < 1.29 is 23.8 Å². The van der Waals surface area contributed by atoms with Gasteiger partial charge < -0.3 is 24.4 Å². The van der Waals surface area contributed by atoms with Crippen molar-refractivity contribution in [1.29, 1.82) is 0 Å². The van der Waals surface area contributed by atoms with E-state index >= 15 is 0 Å². The molecule has 1 N–H and O–H groups in total. The molecule has 1 aromatic carbocycles. The lowest BCUT2D eigenvalue weighted by molar-refractivity contribution is -0.149. The second-order valence-electron chi connectivity index (χ2n) is 5.94. The van der Waals surface area contributed by atoms with Crippen molar-refractivity contribution in [3.05, 3.63) is 16.6 Å². The number of hydrogen-bond donors (Lipinski definition) is 1. The Bertz CT molecular complexity index is 667. The van der Waals surface area contributed by atoms with Crippen molar-refractivity contribution in [2.75, 3.05) is 38.2 Å². The highest BCUT2D eigenvalue weighted by Gasteiger charge is 2.29. The molecule has 2 aliphatic rings. The summed E-state index contributed by atoms with van der Waals surface area (Å²) in [6.45, 7) is 4.11. The number of benzene rings is 1. The van der Waals surface area contributed by atoms with E-state index in [0.29, 0.717) is 54.6 Å². The van der Waals surface area contributed by atoms with Gasteiger partial charge in [-0.2, -0.15) is 0 Å². The Balaban J connectivity index is 1.66. The van der Waals surface area contributed by atoms with Crippen LogP contribution >= 0.6 is 15.9 Å². The Labute approximate surface area is 154 Å². The fourth-order valence-corrected chi connectivity index (χ4v) is 3.39. The normalized spacial score (nSPS) is 19.3. The third kappa shape index (κ3) is 4.18. The van der Waals surface area contributed by atoms with Crippen LogP contribution in [0, 0.1) is 5.92 Å². The third-order valence-corrected chi connectivity index (χ3v) is 4.86. The van der Waals surface area contributed by atoms with E-state index in [2.05, 4.69) is 21.2 Å². The first-order chi connectivity index (χ1) is 12.1. The van der Waals surface area contributed by atoms with E-state index in [0.717, 1.165) is 12.8 Å². The van der Waals surface area contributed by atoms with Crippen molar-refractivity contribution in [3.63, 3.8) is 0 Å². The zero-order valence-electron chi connectivity index (χ0n) is 14.0. The monoisotopic (exact) mass is 412 g/mol. The number of anilines is 1. The summed E-state index contributed by atoms with van der Waals surface area (Å²) in [5.41, 5.74) is 0.604. The summed E-state index contributed by atoms with van der Waals surface area (Å²) in [4.78, 5) is 26.2. The first-order valence-corrected chi connectivity index (χ1v) is 9.19. The van der Waals surface area contributed by atoms with Crippen LogP contribution in [0.4, 0.5) is 10.5 Å². The fourth-order valence-electron chi connectivity index (χ4n) is 2.97. The van der Waals surface area contributed by atoms with Crippen LogP contribution in [0.25, 0.3) is 0 Å². The molecule has 2 heterocycles. The number of fused-ring (bicyclic) bond motifs is 1. The van der Waals surface area contributed by atoms with Gasteiger partial charge in [-0.05, 0) is 35.7 Å². The molecule has 2 amide bonds. The van der Waals surface area contributed by atoms with Gasteiger partial charge >= 0.3 is 12.0 Å².